The number of amides is 1. The van der Waals surface area contributed by atoms with Crippen molar-refractivity contribution < 1.29 is 9.21 Å². The summed E-state index contributed by atoms with van der Waals surface area (Å²) < 4.78 is 4.86. The Morgan fingerprint density at radius 1 is 1.69 bits per heavy atom. The Hall–Kier alpha value is -1.52. The summed E-state index contributed by atoms with van der Waals surface area (Å²) in [5.74, 6) is -0.0630. The van der Waals surface area contributed by atoms with E-state index in [4.69, 9.17) is 10.2 Å². The molecule has 16 heavy (non-hydrogen) atoms. The average molecular weight is 223 g/mol. The summed E-state index contributed by atoms with van der Waals surface area (Å²) in [5, 5.41) is 0. The minimum atomic E-state index is -0.0630. The van der Waals surface area contributed by atoms with Gasteiger partial charge in [-0.3, -0.25) is 4.79 Å². The number of nitrogens with zero attached hydrogens (tertiary/aromatic N) is 2. The molecule has 1 atom stereocenters. The van der Waals surface area contributed by atoms with E-state index in [1.807, 2.05) is 4.90 Å². The second-order valence-electron chi connectivity index (χ2n) is 4.13. The van der Waals surface area contributed by atoms with Gasteiger partial charge in [0.2, 0.25) is 0 Å². The number of aromatic nitrogens is 1. The summed E-state index contributed by atoms with van der Waals surface area (Å²) in [6, 6.07) is 0.382. The highest BCUT2D eigenvalue weighted by atomic mass is 16.4. The molecule has 0 saturated carbocycles. The molecule has 1 fully saturated rings. The minimum Gasteiger partial charge on any atom is -0.431 e. The Morgan fingerprint density at radius 3 is 3.12 bits per heavy atom. The zero-order valence-electron chi connectivity index (χ0n) is 9.48. The van der Waals surface area contributed by atoms with Gasteiger partial charge in [0.1, 0.15) is 6.26 Å². The van der Waals surface area contributed by atoms with Gasteiger partial charge in [-0.25, -0.2) is 0 Å². The maximum atomic E-state index is 12.1. The number of nitrogen functional groups attached to an aromatic ring is 1. The smallest absolute Gasteiger partial charge is 0.292 e. The van der Waals surface area contributed by atoms with Gasteiger partial charge < -0.3 is 15.1 Å². The van der Waals surface area contributed by atoms with E-state index >= 15 is 0 Å². The third-order valence-electron chi connectivity index (χ3n) is 3.10. The van der Waals surface area contributed by atoms with Crippen LogP contribution in [0.25, 0.3) is 0 Å². The molecule has 0 radical (unpaired) electrons. The third kappa shape index (κ3) is 2.03. The fourth-order valence-corrected chi connectivity index (χ4v) is 2.23. The number of carbonyl (C=O) groups is 1. The van der Waals surface area contributed by atoms with Gasteiger partial charge in [-0.1, -0.05) is 6.92 Å². The summed E-state index contributed by atoms with van der Waals surface area (Å²) in [6.45, 7) is 2.91. The van der Waals surface area contributed by atoms with Gasteiger partial charge in [-0.05, 0) is 25.7 Å². The Labute approximate surface area is 94.6 Å². The molecule has 1 aliphatic heterocycles. The second kappa shape index (κ2) is 4.55. The first-order valence-electron chi connectivity index (χ1n) is 5.74. The molecule has 1 amide bonds. The van der Waals surface area contributed by atoms with Crippen LogP contribution >= 0.6 is 0 Å². The van der Waals surface area contributed by atoms with Crippen LogP contribution < -0.4 is 5.73 Å². The summed E-state index contributed by atoms with van der Waals surface area (Å²) in [5.41, 5.74) is 5.68. The van der Waals surface area contributed by atoms with Crippen molar-refractivity contribution in [1.82, 2.24) is 9.88 Å². The Bertz CT molecular complexity index is 375. The van der Waals surface area contributed by atoms with E-state index in [0.717, 1.165) is 25.8 Å². The molecule has 88 valence electrons. The first kappa shape index (κ1) is 11.0. The van der Waals surface area contributed by atoms with Crippen molar-refractivity contribution in [3.8, 4) is 0 Å². The number of nitrogens with two attached hydrogens (primary N) is 1. The Balaban J connectivity index is 2.13. The molecular weight excluding hydrogens is 206 g/mol. The van der Waals surface area contributed by atoms with Gasteiger partial charge in [0.25, 0.3) is 11.9 Å². The van der Waals surface area contributed by atoms with Gasteiger partial charge in [0.15, 0.2) is 5.69 Å². The van der Waals surface area contributed by atoms with Crippen LogP contribution in [0.1, 0.15) is 43.1 Å². The number of rotatable bonds is 2. The molecule has 0 bridgehead atoms. The second-order valence-corrected chi connectivity index (χ2v) is 4.13. The quantitative estimate of drug-likeness (QED) is 0.827. The molecule has 2 rings (SSSR count). The SMILES string of the molecule is CCC1CCCCN1C(=O)c1coc(N)n1. The molecule has 1 aromatic rings. The van der Waals surface area contributed by atoms with Crippen LogP contribution in [0.2, 0.25) is 0 Å². The molecular formula is C11H17N3O2. The first-order valence-corrected chi connectivity index (χ1v) is 5.74. The number of carbonyl (C=O) groups excluding carboxylic acids is 1. The maximum absolute atomic E-state index is 12.1. The summed E-state index contributed by atoms with van der Waals surface area (Å²) >= 11 is 0. The van der Waals surface area contributed by atoms with Crippen molar-refractivity contribution in [1.29, 1.82) is 0 Å². The van der Waals surface area contributed by atoms with Gasteiger partial charge in [0, 0.05) is 12.6 Å². The first-order chi connectivity index (χ1) is 7.72. The van der Waals surface area contributed by atoms with Crippen LogP contribution in [0.5, 0.6) is 0 Å². The van der Waals surface area contributed by atoms with E-state index in [-0.39, 0.29) is 11.9 Å². The van der Waals surface area contributed by atoms with Crippen molar-refractivity contribution >= 4 is 11.9 Å². The molecule has 1 unspecified atom stereocenters. The molecule has 2 heterocycles. The highest BCUT2D eigenvalue weighted by Crippen LogP contribution is 2.21. The summed E-state index contributed by atoms with van der Waals surface area (Å²) in [6.07, 6.45) is 5.66. The summed E-state index contributed by atoms with van der Waals surface area (Å²) in [4.78, 5) is 17.9. The predicted molar refractivity (Wildman–Crippen MR) is 59.9 cm³/mol. The molecule has 0 spiro atoms. The lowest BCUT2D eigenvalue weighted by atomic mass is 10.00. The zero-order chi connectivity index (χ0) is 11.5. The number of likely N-dealkylation sites (tertiary alicyclic amines) is 1. The van der Waals surface area contributed by atoms with Crippen molar-refractivity contribution in [2.24, 2.45) is 0 Å². The molecule has 0 aliphatic carbocycles. The van der Waals surface area contributed by atoms with Crippen molar-refractivity contribution in [3.63, 3.8) is 0 Å². The van der Waals surface area contributed by atoms with E-state index in [9.17, 15) is 4.79 Å². The number of anilines is 1. The zero-order valence-corrected chi connectivity index (χ0v) is 9.48. The van der Waals surface area contributed by atoms with Gasteiger partial charge in [-0.15, -0.1) is 0 Å². The summed E-state index contributed by atoms with van der Waals surface area (Å²) in [7, 11) is 0. The van der Waals surface area contributed by atoms with Crippen molar-refractivity contribution in [2.45, 2.75) is 38.6 Å². The Kier molecular flexibility index (Phi) is 3.12. The lowest BCUT2D eigenvalue weighted by Crippen LogP contribution is -2.43. The van der Waals surface area contributed by atoms with Gasteiger partial charge in [0.05, 0.1) is 0 Å². The third-order valence-corrected chi connectivity index (χ3v) is 3.10. The molecule has 0 aromatic carbocycles. The van der Waals surface area contributed by atoms with Crippen LogP contribution in [0.15, 0.2) is 10.7 Å². The number of piperidine rings is 1. The Morgan fingerprint density at radius 2 is 2.50 bits per heavy atom. The maximum Gasteiger partial charge on any atom is 0.292 e. The number of hydrogen-bond acceptors (Lipinski definition) is 4. The van der Waals surface area contributed by atoms with Crippen molar-refractivity contribution in [3.05, 3.63) is 12.0 Å². The van der Waals surface area contributed by atoms with E-state index < -0.39 is 0 Å². The predicted octanol–water partition coefficient (Wildman–Crippen LogP) is 1.66. The molecule has 1 aliphatic rings. The highest BCUT2D eigenvalue weighted by molar-refractivity contribution is 5.92. The molecule has 2 N–H and O–H groups in total. The van der Waals surface area contributed by atoms with Crippen LogP contribution in [0.3, 0.4) is 0 Å². The molecule has 1 aromatic heterocycles. The fraction of sp³-hybridized carbons (Fsp3) is 0.636. The van der Waals surface area contributed by atoms with E-state index in [0.29, 0.717) is 11.7 Å². The van der Waals surface area contributed by atoms with Crippen molar-refractivity contribution in [2.75, 3.05) is 12.3 Å². The largest absolute Gasteiger partial charge is 0.431 e. The fourth-order valence-electron chi connectivity index (χ4n) is 2.23. The number of oxazole rings is 1. The minimum absolute atomic E-state index is 0.0495. The highest BCUT2D eigenvalue weighted by Gasteiger charge is 2.27. The van der Waals surface area contributed by atoms with Gasteiger partial charge in [-0.2, -0.15) is 4.98 Å². The van der Waals surface area contributed by atoms with E-state index in [1.165, 1.54) is 12.7 Å². The standard InChI is InChI=1S/C11H17N3O2/c1-2-8-5-3-4-6-14(8)10(15)9-7-16-11(12)13-9/h7-8H,2-6H2,1H3,(H2,12,13). The van der Waals surface area contributed by atoms with Crippen LogP contribution in [-0.2, 0) is 0 Å². The lowest BCUT2D eigenvalue weighted by molar-refractivity contribution is 0.0602. The van der Waals surface area contributed by atoms with Gasteiger partial charge >= 0.3 is 0 Å². The van der Waals surface area contributed by atoms with Crippen LogP contribution in [0.4, 0.5) is 6.01 Å². The molecule has 5 heteroatoms. The normalized spacial score (nSPS) is 21.1. The molecule has 1 saturated heterocycles. The van der Waals surface area contributed by atoms with Crippen LogP contribution in [0, 0.1) is 0 Å². The molecule has 5 nitrogen and oxygen atoms in total. The topological polar surface area (TPSA) is 72.4 Å². The lowest BCUT2D eigenvalue weighted by Gasteiger charge is -2.34. The van der Waals surface area contributed by atoms with E-state index in [2.05, 4.69) is 11.9 Å². The van der Waals surface area contributed by atoms with Crippen LogP contribution in [-0.4, -0.2) is 28.4 Å². The number of hydrogen-bond donors (Lipinski definition) is 1. The van der Waals surface area contributed by atoms with E-state index in [1.54, 1.807) is 0 Å². The average Bonchev–Trinajstić information content (AvgIpc) is 2.75. The monoisotopic (exact) mass is 223 g/mol.